The second-order valence-electron chi connectivity index (χ2n) is 7.87. The molecule has 136 valence electrons. The summed E-state index contributed by atoms with van der Waals surface area (Å²) < 4.78 is 5.47. The van der Waals surface area contributed by atoms with E-state index in [0.29, 0.717) is 17.2 Å². The standard InChI is InChI=1S/C19H28N4O2/c24-18(16-13-20-7-8-21-16)22-17-1-4-19(17)5-9-23(10-6-19)14-15-2-11-25-12-3-15/h7-8,13,15,17H,1-6,9-12,14H2,(H,22,24). The van der Waals surface area contributed by atoms with E-state index in [1.54, 1.807) is 12.4 Å². The largest absolute Gasteiger partial charge is 0.381 e. The molecule has 6 nitrogen and oxygen atoms in total. The van der Waals surface area contributed by atoms with Gasteiger partial charge in [-0.15, -0.1) is 0 Å². The van der Waals surface area contributed by atoms with E-state index >= 15 is 0 Å². The number of likely N-dealkylation sites (tertiary alicyclic amines) is 1. The van der Waals surface area contributed by atoms with Gasteiger partial charge in [0.1, 0.15) is 5.69 Å². The van der Waals surface area contributed by atoms with E-state index in [1.165, 1.54) is 44.8 Å². The molecule has 3 aliphatic rings. The van der Waals surface area contributed by atoms with Gasteiger partial charge in [0.2, 0.25) is 0 Å². The summed E-state index contributed by atoms with van der Waals surface area (Å²) in [5.41, 5.74) is 0.728. The van der Waals surface area contributed by atoms with Crippen molar-refractivity contribution in [2.45, 2.75) is 44.6 Å². The molecular formula is C19H28N4O2. The molecule has 1 aromatic rings. The monoisotopic (exact) mass is 344 g/mol. The van der Waals surface area contributed by atoms with Crippen LogP contribution in [0.3, 0.4) is 0 Å². The van der Waals surface area contributed by atoms with E-state index in [2.05, 4.69) is 20.2 Å². The van der Waals surface area contributed by atoms with Crippen LogP contribution in [0.25, 0.3) is 0 Å². The SMILES string of the molecule is O=C(NC1CCC12CCN(CC1CCOCC1)CC2)c1cnccn1. The summed E-state index contributed by atoms with van der Waals surface area (Å²) in [7, 11) is 0. The van der Waals surface area contributed by atoms with E-state index in [9.17, 15) is 4.79 Å². The van der Waals surface area contributed by atoms with Crippen LogP contribution < -0.4 is 5.32 Å². The van der Waals surface area contributed by atoms with Crippen molar-refractivity contribution >= 4 is 5.91 Å². The molecule has 1 aromatic heterocycles. The first-order valence-electron chi connectivity index (χ1n) is 9.62. The minimum atomic E-state index is -0.0817. The van der Waals surface area contributed by atoms with Crippen LogP contribution >= 0.6 is 0 Å². The second-order valence-corrected chi connectivity index (χ2v) is 7.87. The fourth-order valence-electron chi connectivity index (χ4n) is 4.64. The lowest BCUT2D eigenvalue weighted by Crippen LogP contribution is -2.59. The maximum atomic E-state index is 12.4. The highest BCUT2D eigenvalue weighted by atomic mass is 16.5. The first-order valence-corrected chi connectivity index (χ1v) is 9.62. The fourth-order valence-corrected chi connectivity index (χ4v) is 4.64. The topological polar surface area (TPSA) is 67.4 Å². The van der Waals surface area contributed by atoms with Gasteiger partial charge in [-0.25, -0.2) is 4.98 Å². The molecule has 1 saturated carbocycles. The van der Waals surface area contributed by atoms with Crippen molar-refractivity contribution in [1.29, 1.82) is 0 Å². The Morgan fingerprint density at radius 2 is 2.00 bits per heavy atom. The summed E-state index contributed by atoms with van der Waals surface area (Å²) in [6.07, 6.45) is 11.8. The van der Waals surface area contributed by atoms with Crippen LogP contribution in [0.4, 0.5) is 0 Å². The minimum Gasteiger partial charge on any atom is -0.381 e. The zero-order chi connectivity index (χ0) is 17.1. The van der Waals surface area contributed by atoms with Gasteiger partial charge < -0.3 is 15.0 Å². The van der Waals surface area contributed by atoms with Gasteiger partial charge in [0.15, 0.2) is 0 Å². The Morgan fingerprint density at radius 3 is 2.64 bits per heavy atom. The highest BCUT2D eigenvalue weighted by Gasteiger charge is 2.48. The molecule has 4 rings (SSSR count). The molecule has 2 saturated heterocycles. The summed E-state index contributed by atoms with van der Waals surface area (Å²) in [6.45, 7) is 5.40. The number of aromatic nitrogens is 2. The van der Waals surface area contributed by atoms with Gasteiger partial charge in [0.05, 0.1) is 6.20 Å². The van der Waals surface area contributed by atoms with Gasteiger partial charge in [-0.05, 0) is 62.9 Å². The van der Waals surface area contributed by atoms with Gasteiger partial charge >= 0.3 is 0 Å². The zero-order valence-electron chi connectivity index (χ0n) is 14.8. The van der Waals surface area contributed by atoms with Crippen LogP contribution in [0, 0.1) is 11.3 Å². The third-order valence-electron chi connectivity index (χ3n) is 6.48. The molecule has 1 aliphatic carbocycles. The molecule has 1 N–H and O–H groups in total. The van der Waals surface area contributed by atoms with Crippen molar-refractivity contribution < 1.29 is 9.53 Å². The van der Waals surface area contributed by atoms with Crippen LogP contribution in [-0.4, -0.2) is 59.7 Å². The van der Waals surface area contributed by atoms with Gasteiger partial charge in [0, 0.05) is 38.2 Å². The highest BCUT2D eigenvalue weighted by Crippen LogP contribution is 2.49. The van der Waals surface area contributed by atoms with Crippen LogP contribution in [0.1, 0.15) is 49.0 Å². The first kappa shape index (κ1) is 16.9. The van der Waals surface area contributed by atoms with Crippen LogP contribution in [0.5, 0.6) is 0 Å². The Kier molecular flexibility index (Phi) is 4.99. The summed E-state index contributed by atoms with van der Waals surface area (Å²) in [6, 6.07) is 0.298. The molecule has 0 radical (unpaired) electrons. The number of nitrogens with one attached hydrogen (secondary N) is 1. The van der Waals surface area contributed by atoms with Crippen molar-refractivity contribution in [2.75, 3.05) is 32.8 Å². The number of carbonyl (C=O) groups excluding carboxylic acids is 1. The van der Waals surface area contributed by atoms with E-state index in [-0.39, 0.29) is 5.91 Å². The molecule has 2 aliphatic heterocycles. The third kappa shape index (κ3) is 3.70. The van der Waals surface area contributed by atoms with Crippen molar-refractivity contribution in [2.24, 2.45) is 11.3 Å². The summed E-state index contributed by atoms with van der Waals surface area (Å²) in [5, 5.41) is 3.21. The molecular weight excluding hydrogens is 316 g/mol. The molecule has 1 unspecified atom stereocenters. The van der Waals surface area contributed by atoms with Crippen LogP contribution in [-0.2, 0) is 4.74 Å². The molecule has 1 amide bonds. The number of piperidine rings is 1. The molecule has 25 heavy (non-hydrogen) atoms. The number of ether oxygens (including phenoxy) is 1. The summed E-state index contributed by atoms with van der Waals surface area (Å²) in [4.78, 5) is 23.1. The average molecular weight is 344 g/mol. The maximum absolute atomic E-state index is 12.4. The number of hydrogen-bond acceptors (Lipinski definition) is 5. The number of rotatable bonds is 4. The summed E-state index contributed by atoms with van der Waals surface area (Å²) >= 11 is 0. The van der Waals surface area contributed by atoms with Gasteiger partial charge in [-0.2, -0.15) is 0 Å². The van der Waals surface area contributed by atoms with Crippen LogP contribution in [0.2, 0.25) is 0 Å². The average Bonchev–Trinajstić information content (AvgIpc) is 2.67. The quantitative estimate of drug-likeness (QED) is 0.903. The molecule has 3 fully saturated rings. The smallest absolute Gasteiger partial charge is 0.271 e. The normalized spacial score (nSPS) is 27.0. The van der Waals surface area contributed by atoms with E-state index < -0.39 is 0 Å². The third-order valence-corrected chi connectivity index (χ3v) is 6.48. The fraction of sp³-hybridized carbons (Fsp3) is 0.737. The number of nitrogens with zero attached hydrogens (tertiary/aromatic N) is 3. The maximum Gasteiger partial charge on any atom is 0.271 e. The first-order chi connectivity index (χ1) is 12.3. The zero-order valence-corrected chi connectivity index (χ0v) is 14.8. The Balaban J connectivity index is 1.28. The van der Waals surface area contributed by atoms with Gasteiger partial charge in [0.25, 0.3) is 5.91 Å². The molecule has 3 heterocycles. The Hall–Kier alpha value is -1.53. The number of amides is 1. The highest BCUT2D eigenvalue weighted by molar-refractivity contribution is 5.92. The second kappa shape index (κ2) is 7.38. The molecule has 1 atom stereocenters. The molecule has 0 aromatic carbocycles. The predicted octanol–water partition coefficient (Wildman–Crippen LogP) is 1.88. The lowest BCUT2D eigenvalue weighted by molar-refractivity contribution is -0.0158. The Labute approximate surface area is 149 Å². The Bertz CT molecular complexity index is 580. The van der Waals surface area contributed by atoms with Gasteiger partial charge in [-0.1, -0.05) is 0 Å². The van der Waals surface area contributed by atoms with E-state index in [0.717, 1.165) is 38.6 Å². The lowest BCUT2D eigenvalue weighted by atomic mass is 9.59. The van der Waals surface area contributed by atoms with Crippen LogP contribution in [0.15, 0.2) is 18.6 Å². The van der Waals surface area contributed by atoms with Crippen molar-refractivity contribution in [3.05, 3.63) is 24.3 Å². The molecule has 0 bridgehead atoms. The summed E-state index contributed by atoms with van der Waals surface area (Å²) in [5.74, 6) is 0.721. The van der Waals surface area contributed by atoms with Crippen molar-refractivity contribution in [3.63, 3.8) is 0 Å². The Morgan fingerprint density at radius 1 is 1.20 bits per heavy atom. The lowest BCUT2D eigenvalue weighted by Gasteiger charge is -2.54. The van der Waals surface area contributed by atoms with E-state index in [1.807, 2.05) is 0 Å². The minimum absolute atomic E-state index is 0.0817. The van der Waals surface area contributed by atoms with Crippen molar-refractivity contribution in [1.82, 2.24) is 20.2 Å². The predicted molar refractivity (Wildman–Crippen MR) is 94.2 cm³/mol. The van der Waals surface area contributed by atoms with Crippen molar-refractivity contribution in [3.8, 4) is 0 Å². The number of hydrogen-bond donors (Lipinski definition) is 1. The molecule has 6 heteroatoms. The molecule has 1 spiro atoms. The van der Waals surface area contributed by atoms with E-state index in [4.69, 9.17) is 4.74 Å². The van der Waals surface area contributed by atoms with Gasteiger partial charge in [-0.3, -0.25) is 9.78 Å². The number of carbonyl (C=O) groups is 1.